The monoisotopic (exact) mass is 387 g/mol. The Morgan fingerprint density at radius 1 is 1.07 bits per heavy atom. The Morgan fingerprint density at radius 3 is 2.48 bits per heavy atom. The summed E-state index contributed by atoms with van der Waals surface area (Å²) < 4.78 is 32.0. The van der Waals surface area contributed by atoms with Crippen molar-refractivity contribution >= 4 is 15.8 Å². The van der Waals surface area contributed by atoms with Crippen LogP contribution >= 0.6 is 0 Å². The zero-order chi connectivity index (χ0) is 19.2. The van der Waals surface area contributed by atoms with Crippen molar-refractivity contribution in [2.24, 2.45) is 11.8 Å². The largest absolute Gasteiger partial charge is 0.493 e. The fraction of sp³-hybridized carbons (Fsp3) is 0.450. The number of hydrogen-bond acceptors (Lipinski definition) is 5. The van der Waals surface area contributed by atoms with Gasteiger partial charge in [-0.2, -0.15) is 4.31 Å². The van der Waals surface area contributed by atoms with Gasteiger partial charge in [0.05, 0.1) is 19.4 Å². The molecule has 2 fully saturated rings. The van der Waals surface area contributed by atoms with Crippen LogP contribution in [0.1, 0.15) is 17.3 Å². The molecule has 0 aliphatic carbocycles. The highest BCUT2D eigenvalue weighted by molar-refractivity contribution is 7.88. The molecular weight excluding hydrogens is 362 g/mol. The van der Waals surface area contributed by atoms with Crippen molar-refractivity contribution in [3.8, 4) is 5.75 Å². The molecule has 2 aromatic rings. The molecule has 6 nitrogen and oxygen atoms in total. The van der Waals surface area contributed by atoms with E-state index in [9.17, 15) is 8.42 Å². The Morgan fingerprint density at radius 2 is 1.81 bits per heavy atom. The van der Waals surface area contributed by atoms with E-state index < -0.39 is 10.0 Å². The number of pyridine rings is 1. The summed E-state index contributed by atoms with van der Waals surface area (Å²) >= 11 is 0. The first-order valence-corrected chi connectivity index (χ1v) is 11.0. The van der Waals surface area contributed by atoms with Gasteiger partial charge in [0, 0.05) is 31.2 Å². The highest BCUT2D eigenvalue weighted by Crippen LogP contribution is 2.47. The third-order valence-electron chi connectivity index (χ3n) is 5.69. The van der Waals surface area contributed by atoms with Gasteiger partial charge in [-0.15, -0.1) is 0 Å². The van der Waals surface area contributed by atoms with Crippen molar-refractivity contribution < 1.29 is 13.2 Å². The summed E-state index contributed by atoms with van der Waals surface area (Å²) in [6.45, 7) is 4.07. The Kier molecular flexibility index (Phi) is 4.60. The number of sulfonamides is 1. The summed E-state index contributed by atoms with van der Waals surface area (Å²) in [5, 5.41) is 0. The molecule has 4 rings (SSSR count). The van der Waals surface area contributed by atoms with Gasteiger partial charge in [-0.05, 0) is 30.5 Å². The van der Waals surface area contributed by atoms with E-state index in [2.05, 4.69) is 9.88 Å². The molecule has 0 unspecified atom stereocenters. The zero-order valence-corrected chi connectivity index (χ0v) is 16.7. The topological polar surface area (TPSA) is 62.7 Å². The van der Waals surface area contributed by atoms with Crippen molar-refractivity contribution in [1.82, 2.24) is 9.29 Å². The lowest BCUT2D eigenvalue weighted by Crippen LogP contribution is -2.35. The molecule has 7 heteroatoms. The molecule has 27 heavy (non-hydrogen) atoms. The predicted molar refractivity (Wildman–Crippen MR) is 105 cm³/mol. The Balaban J connectivity index is 1.68. The van der Waals surface area contributed by atoms with Gasteiger partial charge < -0.3 is 9.64 Å². The van der Waals surface area contributed by atoms with E-state index >= 15 is 0 Å². The number of hydrogen-bond donors (Lipinski definition) is 0. The molecule has 0 N–H and O–H groups in total. The zero-order valence-electron chi connectivity index (χ0n) is 15.9. The molecule has 1 aromatic heterocycles. The first-order chi connectivity index (χ1) is 12.9. The van der Waals surface area contributed by atoms with Crippen molar-refractivity contribution in [2.45, 2.75) is 13.0 Å². The van der Waals surface area contributed by atoms with E-state index in [0.29, 0.717) is 6.54 Å². The minimum Gasteiger partial charge on any atom is -0.493 e. The van der Waals surface area contributed by atoms with Crippen molar-refractivity contribution in [2.75, 3.05) is 37.9 Å². The average molecular weight is 388 g/mol. The van der Waals surface area contributed by atoms with Crippen LogP contribution in [0.5, 0.6) is 5.75 Å². The molecule has 2 saturated heterocycles. The first kappa shape index (κ1) is 18.3. The smallest absolute Gasteiger partial charge is 0.211 e. The molecule has 0 amide bonds. The maximum absolute atomic E-state index is 12.4. The molecule has 1 aromatic carbocycles. The van der Waals surface area contributed by atoms with Gasteiger partial charge in [-0.3, -0.25) is 0 Å². The van der Waals surface area contributed by atoms with Crippen molar-refractivity contribution in [3.05, 3.63) is 53.7 Å². The minimum absolute atomic E-state index is 0.132. The van der Waals surface area contributed by atoms with E-state index in [-0.39, 0.29) is 17.9 Å². The summed E-state index contributed by atoms with van der Waals surface area (Å²) in [6.07, 6.45) is 1.31. The second-order valence-electron chi connectivity index (χ2n) is 7.50. The molecule has 2 aliphatic heterocycles. The second kappa shape index (κ2) is 6.80. The summed E-state index contributed by atoms with van der Waals surface area (Å²) in [4.78, 5) is 6.93. The lowest BCUT2D eigenvalue weighted by molar-refractivity contribution is 0.351. The van der Waals surface area contributed by atoms with Crippen LogP contribution in [0, 0.1) is 18.8 Å². The van der Waals surface area contributed by atoms with E-state index in [1.807, 2.05) is 49.4 Å². The first-order valence-electron chi connectivity index (χ1n) is 9.17. The van der Waals surface area contributed by atoms with Crippen LogP contribution in [0.4, 0.5) is 5.82 Å². The van der Waals surface area contributed by atoms with Crippen molar-refractivity contribution in [1.29, 1.82) is 0 Å². The van der Waals surface area contributed by atoms with Crippen LogP contribution in [0.2, 0.25) is 0 Å². The molecular formula is C20H25N3O3S. The normalized spacial score (nSPS) is 25.6. The second-order valence-corrected chi connectivity index (χ2v) is 9.43. The van der Waals surface area contributed by atoms with Crippen LogP contribution in [0.15, 0.2) is 42.5 Å². The highest BCUT2D eigenvalue weighted by atomic mass is 32.2. The number of rotatable bonds is 4. The number of aromatic nitrogens is 1. The average Bonchev–Trinajstić information content (AvgIpc) is 3.20. The molecule has 2 aliphatic rings. The Bertz CT molecular complexity index is 933. The van der Waals surface area contributed by atoms with Crippen LogP contribution in [0.3, 0.4) is 0 Å². The maximum Gasteiger partial charge on any atom is 0.211 e. The van der Waals surface area contributed by atoms with Gasteiger partial charge in [-0.25, -0.2) is 13.4 Å². The number of fused-ring (bicyclic) bond motifs is 1. The summed E-state index contributed by atoms with van der Waals surface area (Å²) in [5.41, 5.74) is 2.00. The standard InChI is InChI=1S/C20H25N3O3S/c1-14-9-10-18(26-2)20(21-14)22-11-16-12-23(27(3,24)25)19(17(16)13-22)15-7-5-4-6-8-15/h4-10,16-17,19H,11-13H2,1-3H3/t16-,17-,19+/m1/s1. The van der Waals surface area contributed by atoms with Gasteiger partial charge in [0.15, 0.2) is 11.6 Å². The summed E-state index contributed by atoms with van der Waals surface area (Å²) in [6, 6.07) is 13.7. The number of aryl methyl sites for hydroxylation is 1. The highest BCUT2D eigenvalue weighted by Gasteiger charge is 2.50. The lowest BCUT2D eigenvalue weighted by Gasteiger charge is -2.29. The maximum atomic E-state index is 12.4. The van der Waals surface area contributed by atoms with Crippen LogP contribution < -0.4 is 9.64 Å². The Labute approximate surface area is 160 Å². The van der Waals surface area contributed by atoms with E-state index in [1.165, 1.54) is 6.26 Å². The lowest BCUT2D eigenvalue weighted by atomic mass is 9.90. The van der Waals surface area contributed by atoms with E-state index in [4.69, 9.17) is 4.74 Å². The summed E-state index contributed by atoms with van der Waals surface area (Å²) in [7, 11) is -1.61. The molecule has 3 heterocycles. The Hall–Kier alpha value is -2.12. The molecule has 0 bridgehead atoms. The number of nitrogens with zero attached hydrogens (tertiary/aromatic N) is 3. The van der Waals surface area contributed by atoms with Crippen molar-refractivity contribution in [3.63, 3.8) is 0 Å². The van der Waals surface area contributed by atoms with Crippen LogP contribution in [0.25, 0.3) is 0 Å². The van der Waals surface area contributed by atoms with E-state index in [0.717, 1.165) is 35.9 Å². The SMILES string of the molecule is COc1ccc(C)nc1N1C[C@@H]2CN(S(C)(=O)=O)[C@@H](c3ccccc3)[C@@H]2C1. The third-order valence-corrected chi connectivity index (χ3v) is 6.92. The van der Waals surface area contributed by atoms with Gasteiger partial charge in [0.25, 0.3) is 0 Å². The molecule has 0 spiro atoms. The third kappa shape index (κ3) is 3.30. The predicted octanol–water partition coefficient (Wildman–Crippen LogP) is 2.47. The van der Waals surface area contributed by atoms with Gasteiger partial charge in [0.1, 0.15) is 0 Å². The fourth-order valence-electron chi connectivity index (χ4n) is 4.50. The molecule has 144 valence electrons. The van der Waals surface area contributed by atoms with Crippen LogP contribution in [-0.2, 0) is 10.0 Å². The van der Waals surface area contributed by atoms with Gasteiger partial charge >= 0.3 is 0 Å². The quantitative estimate of drug-likeness (QED) is 0.806. The number of benzene rings is 1. The van der Waals surface area contributed by atoms with Gasteiger partial charge in [0.2, 0.25) is 10.0 Å². The van der Waals surface area contributed by atoms with Crippen LogP contribution in [-0.4, -0.2) is 50.7 Å². The fourth-order valence-corrected chi connectivity index (χ4v) is 5.65. The molecule has 0 saturated carbocycles. The molecule has 0 radical (unpaired) electrons. The van der Waals surface area contributed by atoms with E-state index in [1.54, 1.807) is 11.4 Å². The number of ether oxygens (including phenoxy) is 1. The molecule has 3 atom stereocenters. The number of anilines is 1. The van der Waals surface area contributed by atoms with Gasteiger partial charge in [-0.1, -0.05) is 30.3 Å². The summed E-state index contributed by atoms with van der Waals surface area (Å²) in [5.74, 6) is 2.12. The number of methoxy groups -OCH3 is 1. The minimum atomic E-state index is -3.27.